The summed E-state index contributed by atoms with van der Waals surface area (Å²) in [4.78, 5) is 2.39. The minimum Gasteiger partial charge on any atom is -0.310 e. The summed E-state index contributed by atoms with van der Waals surface area (Å²) in [7, 11) is 0. The number of rotatable bonds is 3. The first-order valence-electron chi connectivity index (χ1n) is 11.3. The molecule has 0 atom stereocenters. The maximum absolute atomic E-state index is 3.64. The fraction of sp³-hybridized carbons (Fsp3) is 0.0323. The van der Waals surface area contributed by atoms with Crippen molar-refractivity contribution < 1.29 is 0 Å². The zero-order valence-corrected chi connectivity index (χ0v) is 21.5. The van der Waals surface area contributed by atoms with E-state index in [1.54, 1.807) is 0 Å². The Morgan fingerprint density at radius 3 is 1.32 bits per heavy atom. The number of benzene rings is 5. The van der Waals surface area contributed by atoms with Crippen LogP contribution in [0, 0.1) is 0 Å². The van der Waals surface area contributed by atoms with Crippen LogP contribution in [-0.2, 0) is 5.41 Å². The third-order valence-electron chi connectivity index (χ3n) is 6.67. The van der Waals surface area contributed by atoms with E-state index in [1.807, 2.05) is 0 Å². The van der Waals surface area contributed by atoms with Crippen LogP contribution in [0.25, 0.3) is 0 Å². The summed E-state index contributed by atoms with van der Waals surface area (Å²) in [6.45, 7) is 0. The Bertz CT molecular complexity index is 1360. The van der Waals surface area contributed by atoms with Crippen LogP contribution < -0.4 is 4.90 Å². The summed E-state index contributed by atoms with van der Waals surface area (Å²) in [5, 5.41) is 0. The summed E-state index contributed by atoms with van der Waals surface area (Å²) in [5.74, 6) is 0. The Balaban J connectivity index is 1.77. The quantitative estimate of drug-likeness (QED) is 0.206. The Morgan fingerprint density at radius 1 is 0.441 bits per heavy atom. The molecule has 164 valence electrons. The molecule has 3 heteroatoms. The molecular formula is C31H21Br2N. The molecule has 1 aliphatic heterocycles. The molecule has 0 unspecified atom stereocenters. The van der Waals surface area contributed by atoms with Crippen LogP contribution in [0.4, 0.5) is 17.1 Å². The molecule has 0 bridgehead atoms. The van der Waals surface area contributed by atoms with E-state index in [1.165, 1.54) is 33.6 Å². The van der Waals surface area contributed by atoms with Gasteiger partial charge in [0.15, 0.2) is 0 Å². The first-order chi connectivity index (χ1) is 16.7. The van der Waals surface area contributed by atoms with Crippen LogP contribution >= 0.6 is 31.9 Å². The van der Waals surface area contributed by atoms with Gasteiger partial charge in [0.25, 0.3) is 0 Å². The predicted octanol–water partition coefficient (Wildman–Crippen LogP) is 9.38. The molecule has 0 radical (unpaired) electrons. The molecular weight excluding hydrogens is 546 g/mol. The highest BCUT2D eigenvalue weighted by Crippen LogP contribution is 2.57. The molecule has 0 aliphatic carbocycles. The van der Waals surface area contributed by atoms with Crippen molar-refractivity contribution in [1.82, 2.24) is 0 Å². The van der Waals surface area contributed by atoms with Crippen LogP contribution in [0.15, 0.2) is 136 Å². The Morgan fingerprint density at radius 2 is 0.853 bits per heavy atom. The van der Waals surface area contributed by atoms with Gasteiger partial charge in [0.1, 0.15) is 0 Å². The van der Waals surface area contributed by atoms with Gasteiger partial charge in [-0.25, -0.2) is 0 Å². The Labute approximate surface area is 217 Å². The Hall–Kier alpha value is -3.14. The van der Waals surface area contributed by atoms with Crippen molar-refractivity contribution in [2.45, 2.75) is 5.41 Å². The minimum atomic E-state index is -0.458. The summed E-state index contributed by atoms with van der Waals surface area (Å²) in [6.07, 6.45) is 0. The molecule has 0 aromatic heterocycles. The summed E-state index contributed by atoms with van der Waals surface area (Å²) >= 11 is 7.28. The molecule has 1 aliphatic rings. The van der Waals surface area contributed by atoms with E-state index < -0.39 is 5.41 Å². The maximum Gasteiger partial charge on any atom is 0.0742 e. The van der Waals surface area contributed by atoms with Crippen molar-refractivity contribution in [2.75, 3.05) is 4.90 Å². The molecule has 6 rings (SSSR count). The molecule has 1 heterocycles. The highest BCUT2D eigenvalue weighted by Gasteiger charge is 2.46. The number of para-hydroxylation sites is 3. The highest BCUT2D eigenvalue weighted by atomic mass is 79.9. The van der Waals surface area contributed by atoms with Gasteiger partial charge in [-0.05, 0) is 70.8 Å². The van der Waals surface area contributed by atoms with Gasteiger partial charge in [-0.2, -0.15) is 0 Å². The normalized spacial score (nSPS) is 13.8. The number of halogens is 2. The zero-order chi connectivity index (χ0) is 23.1. The van der Waals surface area contributed by atoms with Gasteiger partial charge < -0.3 is 4.90 Å². The SMILES string of the molecule is Brc1ccc(C2(c3ccc(Br)cc3)c3ccccc3N(c3ccccc3)c3ccccc32)cc1. The molecule has 0 N–H and O–H groups in total. The second kappa shape index (κ2) is 8.57. The standard InChI is InChI=1S/C31H21Br2N/c32-24-18-14-22(15-19-24)31(23-16-20-25(33)21-17-23)27-10-4-6-12-29(27)34(26-8-2-1-3-9-26)30-13-7-5-11-28(30)31/h1-21H. The van der Waals surface area contributed by atoms with E-state index in [4.69, 9.17) is 0 Å². The number of hydrogen-bond acceptors (Lipinski definition) is 1. The molecule has 5 aromatic carbocycles. The predicted molar refractivity (Wildman–Crippen MR) is 148 cm³/mol. The van der Waals surface area contributed by atoms with E-state index in [0.29, 0.717) is 0 Å². The van der Waals surface area contributed by atoms with Gasteiger partial charge in [-0.3, -0.25) is 0 Å². The molecule has 5 aromatic rings. The molecule has 1 nitrogen and oxygen atoms in total. The second-order valence-corrected chi connectivity index (χ2v) is 10.3. The summed E-state index contributed by atoms with van der Waals surface area (Å²) in [5.41, 5.74) is 8.10. The number of fused-ring (bicyclic) bond motifs is 2. The van der Waals surface area contributed by atoms with Gasteiger partial charge >= 0.3 is 0 Å². The monoisotopic (exact) mass is 565 g/mol. The fourth-order valence-corrected chi connectivity index (χ4v) is 5.82. The smallest absolute Gasteiger partial charge is 0.0742 e. The van der Waals surface area contributed by atoms with Gasteiger partial charge in [-0.1, -0.05) is 111 Å². The van der Waals surface area contributed by atoms with E-state index in [2.05, 4.69) is 164 Å². The largest absolute Gasteiger partial charge is 0.310 e. The lowest BCUT2D eigenvalue weighted by Crippen LogP contribution is -2.37. The van der Waals surface area contributed by atoms with Crippen molar-refractivity contribution in [3.8, 4) is 0 Å². The van der Waals surface area contributed by atoms with Crippen LogP contribution in [-0.4, -0.2) is 0 Å². The lowest BCUT2D eigenvalue weighted by molar-refractivity contribution is 0.731. The minimum absolute atomic E-state index is 0.458. The van der Waals surface area contributed by atoms with Crippen LogP contribution in [0.1, 0.15) is 22.3 Å². The number of hydrogen-bond donors (Lipinski definition) is 0. The molecule has 0 fully saturated rings. The third-order valence-corrected chi connectivity index (χ3v) is 7.72. The summed E-state index contributed by atoms with van der Waals surface area (Å²) < 4.78 is 2.15. The number of anilines is 3. The zero-order valence-electron chi connectivity index (χ0n) is 18.3. The first kappa shape index (κ1) is 21.4. The topological polar surface area (TPSA) is 3.24 Å². The van der Waals surface area contributed by atoms with Crippen molar-refractivity contribution in [3.05, 3.63) is 159 Å². The maximum atomic E-state index is 3.64. The average Bonchev–Trinajstić information content (AvgIpc) is 2.89. The van der Waals surface area contributed by atoms with Gasteiger partial charge in [0, 0.05) is 14.6 Å². The molecule has 0 saturated carbocycles. The first-order valence-corrected chi connectivity index (χ1v) is 12.8. The highest BCUT2D eigenvalue weighted by molar-refractivity contribution is 9.10. The molecule has 0 saturated heterocycles. The van der Waals surface area contributed by atoms with E-state index >= 15 is 0 Å². The number of nitrogens with zero attached hydrogens (tertiary/aromatic N) is 1. The van der Waals surface area contributed by atoms with Crippen LogP contribution in [0.3, 0.4) is 0 Å². The lowest BCUT2D eigenvalue weighted by atomic mass is 9.62. The van der Waals surface area contributed by atoms with Crippen molar-refractivity contribution in [1.29, 1.82) is 0 Å². The lowest BCUT2D eigenvalue weighted by Gasteiger charge is -2.46. The third kappa shape index (κ3) is 3.26. The molecule has 34 heavy (non-hydrogen) atoms. The Kier molecular flexibility index (Phi) is 5.40. The van der Waals surface area contributed by atoms with Gasteiger partial charge in [0.05, 0.1) is 16.8 Å². The van der Waals surface area contributed by atoms with E-state index in [9.17, 15) is 0 Å². The van der Waals surface area contributed by atoms with Gasteiger partial charge in [-0.15, -0.1) is 0 Å². The van der Waals surface area contributed by atoms with Crippen molar-refractivity contribution in [3.63, 3.8) is 0 Å². The molecule has 0 spiro atoms. The fourth-order valence-electron chi connectivity index (χ4n) is 5.29. The van der Waals surface area contributed by atoms with Crippen molar-refractivity contribution >= 4 is 48.9 Å². The second-order valence-electron chi connectivity index (χ2n) is 8.47. The van der Waals surface area contributed by atoms with Crippen LogP contribution in [0.2, 0.25) is 0 Å². The van der Waals surface area contributed by atoms with E-state index in [-0.39, 0.29) is 0 Å². The molecule has 0 amide bonds. The van der Waals surface area contributed by atoms with Crippen molar-refractivity contribution in [2.24, 2.45) is 0 Å². The van der Waals surface area contributed by atoms with E-state index in [0.717, 1.165) is 14.6 Å². The summed E-state index contributed by atoms with van der Waals surface area (Å²) in [6, 6.07) is 45.8. The van der Waals surface area contributed by atoms with Gasteiger partial charge in [0.2, 0.25) is 0 Å². The average molecular weight is 567 g/mol. The van der Waals surface area contributed by atoms with Crippen LogP contribution in [0.5, 0.6) is 0 Å².